The van der Waals surface area contributed by atoms with E-state index in [-0.39, 0.29) is 5.82 Å². The zero-order valence-electron chi connectivity index (χ0n) is 11.8. The molecule has 0 atom stereocenters. The molecule has 0 bridgehead atoms. The molecule has 1 aliphatic rings. The first-order valence-corrected chi connectivity index (χ1v) is 6.80. The van der Waals surface area contributed by atoms with Crippen molar-refractivity contribution < 1.29 is 9.13 Å². The highest BCUT2D eigenvalue weighted by Gasteiger charge is 2.36. The van der Waals surface area contributed by atoms with Crippen LogP contribution in [0.1, 0.15) is 24.8 Å². The Morgan fingerprint density at radius 1 is 1.42 bits per heavy atom. The van der Waals surface area contributed by atoms with Crippen LogP contribution in [0.3, 0.4) is 0 Å². The van der Waals surface area contributed by atoms with Crippen LogP contribution in [-0.2, 0) is 6.54 Å². The zero-order chi connectivity index (χ0) is 13.9. The molecule has 3 nitrogen and oxygen atoms in total. The van der Waals surface area contributed by atoms with E-state index in [2.05, 4.69) is 11.9 Å². The molecule has 0 aromatic heterocycles. The molecule has 0 spiro atoms. The molecule has 1 fully saturated rings. The van der Waals surface area contributed by atoms with E-state index in [1.807, 2.05) is 6.07 Å². The van der Waals surface area contributed by atoms with E-state index in [0.717, 1.165) is 25.2 Å². The minimum absolute atomic E-state index is 0.291. The van der Waals surface area contributed by atoms with Gasteiger partial charge in [-0.2, -0.15) is 0 Å². The molecule has 0 heterocycles. The fourth-order valence-electron chi connectivity index (χ4n) is 2.85. The molecular formula is C15H23FN2O. The van der Waals surface area contributed by atoms with Crippen LogP contribution in [-0.4, -0.2) is 32.1 Å². The van der Waals surface area contributed by atoms with Gasteiger partial charge in [0, 0.05) is 13.1 Å². The van der Waals surface area contributed by atoms with Crippen molar-refractivity contribution in [1.82, 2.24) is 4.90 Å². The van der Waals surface area contributed by atoms with Crippen molar-refractivity contribution in [2.24, 2.45) is 11.1 Å². The van der Waals surface area contributed by atoms with Gasteiger partial charge in [0.1, 0.15) is 0 Å². The van der Waals surface area contributed by atoms with Crippen molar-refractivity contribution in [3.63, 3.8) is 0 Å². The summed E-state index contributed by atoms with van der Waals surface area (Å²) in [5.41, 5.74) is 7.13. The monoisotopic (exact) mass is 266 g/mol. The van der Waals surface area contributed by atoms with Gasteiger partial charge in [-0.3, -0.25) is 0 Å². The Balaban J connectivity index is 1.95. The lowest BCUT2D eigenvalue weighted by Gasteiger charge is -2.43. The average Bonchev–Trinajstić information content (AvgIpc) is 2.34. The van der Waals surface area contributed by atoms with Crippen molar-refractivity contribution in [3.05, 3.63) is 29.6 Å². The number of benzene rings is 1. The lowest BCUT2D eigenvalue weighted by Crippen LogP contribution is -2.45. The summed E-state index contributed by atoms with van der Waals surface area (Å²) in [4.78, 5) is 2.23. The van der Waals surface area contributed by atoms with Crippen molar-refractivity contribution in [3.8, 4) is 5.75 Å². The van der Waals surface area contributed by atoms with Gasteiger partial charge >= 0.3 is 0 Å². The standard InChI is InChI=1S/C15H23FN2O/c1-18(11-15(10-17)6-3-7-15)9-12-4-5-14(19-2)13(16)8-12/h4-5,8H,3,6-7,9-11,17H2,1-2H3. The molecule has 1 aromatic rings. The van der Waals surface area contributed by atoms with E-state index in [1.54, 1.807) is 12.1 Å². The molecule has 4 heteroatoms. The molecule has 2 N–H and O–H groups in total. The predicted octanol–water partition coefficient (Wildman–Crippen LogP) is 2.40. The summed E-state index contributed by atoms with van der Waals surface area (Å²) >= 11 is 0. The summed E-state index contributed by atoms with van der Waals surface area (Å²) in [5.74, 6) is -0.00518. The minimum Gasteiger partial charge on any atom is -0.494 e. The van der Waals surface area contributed by atoms with Crippen LogP contribution in [0.2, 0.25) is 0 Å². The number of ether oxygens (including phenoxy) is 1. The molecule has 0 saturated heterocycles. The third-order valence-corrected chi connectivity index (χ3v) is 4.12. The predicted molar refractivity (Wildman–Crippen MR) is 74.6 cm³/mol. The van der Waals surface area contributed by atoms with Gasteiger partial charge in [0.25, 0.3) is 0 Å². The molecule has 0 radical (unpaired) electrons. The maximum absolute atomic E-state index is 13.6. The molecule has 0 aliphatic heterocycles. The number of halogens is 1. The zero-order valence-corrected chi connectivity index (χ0v) is 11.8. The Morgan fingerprint density at radius 2 is 2.16 bits per heavy atom. The lowest BCUT2D eigenvalue weighted by molar-refractivity contribution is 0.0845. The first-order valence-electron chi connectivity index (χ1n) is 6.80. The molecule has 1 aromatic carbocycles. The summed E-state index contributed by atoms with van der Waals surface area (Å²) in [5, 5.41) is 0. The first-order chi connectivity index (χ1) is 9.08. The third kappa shape index (κ3) is 3.25. The van der Waals surface area contributed by atoms with E-state index in [4.69, 9.17) is 10.5 Å². The van der Waals surface area contributed by atoms with E-state index >= 15 is 0 Å². The topological polar surface area (TPSA) is 38.5 Å². The third-order valence-electron chi connectivity index (χ3n) is 4.12. The summed E-state index contributed by atoms with van der Waals surface area (Å²) in [7, 11) is 3.55. The smallest absolute Gasteiger partial charge is 0.165 e. The van der Waals surface area contributed by atoms with Gasteiger partial charge in [-0.15, -0.1) is 0 Å². The van der Waals surface area contributed by atoms with Gasteiger partial charge in [-0.25, -0.2) is 4.39 Å². The Morgan fingerprint density at radius 3 is 2.63 bits per heavy atom. The van der Waals surface area contributed by atoms with Crippen LogP contribution in [0.25, 0.3) is 0 Å². The van der Waals surface area contributed by atoms with Crippen molar-refractivity contribution in [1.29, 1.82) is 0 Å². The number of nitrogens with two attached hydrogens (primary N) is 1. The highest BCUT2D eigenvalue weighted by atomic mass is 19.1. The number of nitrogens with zero attached hydrogens (tertiary/aromatic N) is 1. The van der Waals surface area contributed by atoms with Gasteiger partial charge in [0.2, 0.25) is 0 Å². The van der Waals surface area contributed by atoms with Crippen LogP contribution in [0, 0.1) is 11.2 Å². The number of hydrogen-bond donors (Lipinski definition) is 1. The average molecular weight is 266 g/mol. The van der Waals surface area contributed by atoms with Crippen molar-refractivity contribution in [2.75, 3.05) is 27.2 Å². The molecule has 2 rings (SSSR count). The molecule has 106 valence electrons. The highest BCUT2D eigenvalue weighted by molar-refractivity contribution is 5.29. The molecule has 0 amide bonds. The number of rotatable bonds is 6. The Bertz CT molecular complexity index is 427. The molecule has 1 aliphatic carbocycles. The van der Waals surface area contributed by atoms with E-state index in [0.29, 0.717) is 11.2 Å². The van der Waals surface area contributed by atoms with Gasteiger partial charge < -0.3 is 15.4 Å². The Labute approximate surface area is 114 Å². The second-order valence-corrected chi connectivity index (χ2v) is 5.70. The normalized spacial score (nSPS) is 17.3. The van der Waals surface area contributed by atoms with Crippen LogP contribution < -0.4 is 10.5 Å². The Kier molecular flexibility index (Phi) is 4.42. The first kappa shape index (κ1) is 14.3. The molecule has 0 unspecified atom stereocenters. The number of methoxy groups -OCH3 is 1. The molecule has 1 saturated carbocycles. The van der Waals surface area contributed by atoms with Gasteiger partial charge in [0.05, 0.1) is 7.11 Å². The van der Waals surface area contributed by atoms with E-state index in [1.165, 1.54) is 26.4 Å². The van der Waals surface area contributed by atoms with Crippen molar-refractivity contribution in [2.45, 2.75) is 25.8 Å². The van der Waals surface area contributed by atoms with E-state index in [9.17, 15) is 4.39 Å². The summed E-state index contributed by atoms with van der Waals surface area (Å²) < 4.78 is 18.5. The fourth-order valence-corrected chi connectivity index (χ4v) is 2.85. The molecular weight excluding hydrogens is 243 g/mol. The maximum Gasteiger partial charge on any atom is 0.165 e. The second-order valence-electron chi connectivity index (χ2n) is 5.70. The SMILES string of the molecule is COc1ccc(CN(C)CC2(CN)CCC2)cc1F. The number of hydrogen-bond acceptors (Lipinski definition) is 3. The maximum atomic E-state index is 13.6. The second kappa shape index (κ2) is 5.88. The summed E-state index contributed by atoms with van der Waals surface area (Å²) in [6.45, 7) is 2.47. The van der Waals surface area contributed by atoms with Gasteiger partial charge in [0.15, 0.2) is 11.6 Å². The largest absolute Gasteiger partial charge is 0.494 e. The fraction of sp³-hybridized carbons (Fsp3) is 0.600. The van der Waals surface area contributed by atoms with Crippen molar-refractivity contribution >= 4 is 0 Å². The molecule has 19 heavy (non-hydrogen) atoms. The van der Waals surface area contributed by atoms with Gasteiger partial charge in [-0.05, 0) is 49.5 Å². The summed E-state index contributed by atoms with van der Waals surface area (Å²) in [6.07, 6.45) is 3.71. The minimum atomic E-state index is -0.300. The lowest BCUT2D eigenvalue weighted by atomic mass is 9.68. The highest BCUT2D eigenvalue weighted by Crippen LogP contribution is 2.40. The Hall–Kier alpha value is -1.13. The quantitative estimate of drug-likeness (QED) is 0.859. The van der Waals surface area contributed by atoms with E-state index < -0.39 is 0 Å². The van der Waals surface area contributed by atoms with Crippen LogP contribution in [0.5, 0.6) is 5.75 Å². The van der Waals surface area contributed by atoms with Crippen LogP contribution in [0.4, 0.5) is 4.39 Å². The van der Waals surface area contributed by atoms with Crippen LogP contribution >= 0.6 is 0 Å². The van der Waals surface area contributed by atoms with Gasteiger partial charge in [-0.1, -0.05) is 12.5 Å². The van der Waals surface area contributed by atoms with Crippen LogP contribution in [0.15, 0.2) is 18.2 Å². The summed E-state index contributed by atoms with van der Waals surface area (Å²) in [6, 6.07) is 5.14.